The Hall–Kier alpha value is -0.120. The number of ether oxygens (including phenoxy) is 1. The highest BCUT2D eigenvalue weighted by molar-refractivity contribution is 4.74. The molecule has 0 aromatic rings. The normalized spacial score (nSPS) is 22.6. The lowest BCUT2D eigenvalue weighted by molar-refractivity contribution is 0.144. The Bertz CT molecular complexity index is 176. The second-order valence-electron chi connectivity index (χ2n) is 4.97. The van der Waals surface area contributed by atoms with Crippen molar-refractivity contribution in [3.8, 4) is 0 Å². The fraction of sp³-hybridized carbons (Fsp3) is 1.00. The van der Waals surface area contributed by atoms with Crippen molar-refractivity contribution >= 4 is 0 Å². The van der Waals surface area contributed by atoms with Crippen LogP contribution in [-0.4, -0.2) is 50.3 Å². The highest BCUT2D eigenvalue weighted by Gasteiger charge is 2.15. The summed E-state index contributed by atoms with van der Waals surface area (Å²) in [6, 6.07) is 0.735. The van der Waals surface area contributed by atoms with Gasteiger partial charge in [-0.05, 0) is 65.2 Å². The summed E-state index contributed by atoms with van der Waals surface area (Å²) in [4.78, 5) is 2.61. The third kappa shape index (κ3) is 7.02. The van der Waals surface area contributed by atoms with E-state index in [1.165, 1.54) is 45.3 Å². The summed E-state index contributed by atoms with van der Waals surface area (Å²) in [7, 11) is 0. The smallest absolute Gasteiger partial charge is 0.0477 e. The van der Waals surface area contributed by atoms with Crippen LogP contribution in [0.15, 0.2) is 0 Å². The van der Waals surface area contributed by atoms with Gasteiger partial charge in [0.1, 0.15) is 0 Å². The summed E-state index contributed by atoms with van der Waals surface area (Å²) in [5.74, 6) is 0. The van der Waals surface area contributed by atoms with Gasteiger partial charge in [0, 0.05) is 19.3 Å². The van der Waals surface area contributed by atoms with E-state index < -0.39 is 0 Å². The van der Waals surface area contributed by atoms with Crippen molar-refractivity contribution in [2.75, 3.05) is 39.4 Å². The number of hydrogen-bond donors (Lipinski definition) is 1. The lowest BCUT2D eigenvalue weighted by atomic mass is 10.1. The monoisotopic (exact) mass is 242 g/mol. The molecule has 1 aliphatic rings. The van der Waals surface area contributed by atoms with Crippen LogP contribution in [0.5, 0.6) is 0 Å². The maximum Gasteiger partial charge on any atom is 0.0477 e. The maximum atomic E-state index is 5.35. The maximum absolute atomic E-state index is 5.35. The minimum absolute atomic E-state index is 0.735. The van der Waals surface area contributed by atoms with Crippen molar-refractivity contribution in [1.29, 1.82) is 0 Å². The third-order valence-electron chi connectivity index (χ3n) is 3.46. The van der Waals surface area contributed by atoms with Crippen molar-refractivity contribution < 1.29 is 4.74 Å². The molecule has 1 saturated heterocycles. The van der Waals surface area contributed by atoms with Gasteiger partial charge in [0.2, 0.25) is 0 Å². The highest BCUT2D eigenvalue weighted by Crippen LogP contribution is 2.11. The average Bonchev–Trinajstić information content (AvgIpc) is 2.55. The van der Waals surface area contributed by atoms with E-state index in [-0.39, 0.29) is 0 Å². The molecule has 3 heteroatoms. The largest absolute Gasteiger partial charge is 0.382 e. The summed E-state index contributed by atoms with van der Waals surface area (Å²) < 4.78 is 5.35. The summed E-state index contributed by atoms with van der Waals surface area (Å²) in [5.41, 5.74) is 0. The molecule has 0 aromatic heterocycles. The summed E-state index contributed by atoms with van der Waals surface area (Å²) in [5, 5.41) is 3.68. The molecule has 17 heavy (non-hydrogen) atoms. The third-order valence-corrected chi connectivity index (χ3v) is 3.46. The Balaban J connectivity index is 2.05. The van der Waals surface area contributed by atoms with Gasteiger partial charge in [0.15, 0.2) is 0 Å². The zero-order valence-electron chi connectivity index (χ0n) is 11.7. The van der Waals surface area contributed by atoms with Crippen molar-refractivity contribution in [1.82, 2.24) is 10.2 Å². The van der Waals surface area contributed by atoms with Gasteiger partial charge in [-0.15, -0.1) is 0 Å². The molecular formula is C14H30N2O. The first-order valence-electron chi connectivity index (χ1n) is 7.40. The Kier molecular flexibility index (Phi) is 8.67. The van der Waals surface area contributed by atoms with Crippen LogP contribution in [0.25, 0.3) is 0 Å². The lowest BCUT2D eigenvalue weighted by Gasteiger charge is -2.19. The Labute approximate surface area is 107 Å². The highest BCUT2D eigenvalue weighted by atomic mass is 16.5. The molecule has 0 bridgehead atoms. The quantitative estimate of drug-likeness (QED) is 0.661. The fourth-order valence-corrected chi connectivity index (χ4v) is 2.52. The number of likely N-dealkylation sites (tertiary alicyclic amines) is 1. The minimum Gasteiger partial charge on any atom is -0.382 e. The van der Waals surface area contributed by atoms with Crippen molar-refractivity contribution in [2.45, 2.75) is 52.0 Å². The zero-order valence-corrected chi connectivity index (χ0v) is 11.7. The SMILES string of the molecule is CCCN1CCCC(NCCCOCC)CC1. The lowest BCUT2D eigenvalue weighted by Crippen LogP contribution is -2.32. The van der Waals surface area contributed by atoms with Crippen LogP contribution < -0.4 is 5.32 Å². The number of nitrogens with one attached hydrogen (secondary N) is 1. The Morgan fingerprint density at radius 1 is 1.24 bits per heavy atom. The van der Waals surface area contributed by atoms with E-state index >= 15 is 0 Å². The van der Waals surface area contributed by atoms with Gasteiger partial charge in [-0.1, -0.05) is 6.92 Å². The molecule has 0 radical (unpaired) electrons. The summed E-state index contributed by atoms with van der Waals surface area (Å²) in [6.45, 7) is 11.0. The minimum atomic E-state index is 0.735. The van der Waals surface area contributed by atoms with Crippen LogP contribution in [0.3, 0.4) is 0 Å². The van der Waals surface area contributed by atoms with Gasteiger partial charge in [-0.3, -0.25) is 0 Å². The zero-order chi connectivity index (χ0) is 12.3. The molecule has 1 atom stereocenters. The van der Waals surface area contributed by atoms with Gasteiger partial charge in [0.05, 0.1) is 0 Å². The first-order valence-corrected chi connectivity index (χ1v) is 7.40. The molecule has 102 valence electrons. The van der Waals surface area contributed by atoms with Crippen LogP contribution in [0.1, 0.15) is 46.0 Å². The Morgan fingerprint density at radius 3 is 2.88 bits per heavy atom. The Morgan fingerprint density at radius 2 is 2.12 bits per heavy atom. The van der Waals surface area contributed by atoms with E-state index in [0.29, 0.717) is 0 Å². The van der Waals surface area contributed by atoms with E-state index in [0.717, 1.165) is 32.2 Å². The van der Waals surface area contributed by atoms with Gasteiger partial charge in [-0.25, -0.2) is 0 Å². The molecule has 1 heterocycles. The van der Waals surface area contributed by atoms with Crippen LogP contribution in [0, 0.1) is 0 Å². The van der Waals surface area contributed by atoms with Crippen LogP contribution in [0.4, 0.5) is 0 Å². The topological polar surface area (TPSA) is 24.5 Å². The van der Waals surface area contributed by atoms with E-state index in [1.807, 2.05) is 0 Å². The van der Waals surface area contributed by atoms with Crippen LogP contribution >= 0.6 is 0 Å². The van der Waals surface area contributed by atoms with E-state index in [4.69, 9.17) is 4.74 Å². The number of nitrogens with zero attached hydrogens (tertiary/aromatic N) is 1. The molecular weight excluding hydrogens is 212 g/mol. The molecule has 1 N–H and O–H groups in total. The molecule has 1 aliphatic heterocycles. The molecule has 0 aliphatic carbocycles. The molecule has 0 aromatic carbocycles. The molecule has 1 fully saturated rings. The van der Waals surface area contributed by atoms with Crippen molar-refractivity contribution in [3.63, 3.8) is 0 Å². The molecule has 1 unspecified atom stereocenters. The van der Waals surface area contributed by atoms with Gasteiger partial charge < -0.3 is 15.0 Å². The fourth-order valence-electron chi connectivity index (χ4n) is 2.52. The van der Waals surface area contributed by atoms with Crippen molar-refractivity contribution in [3.05, 3.63) is 0 Å². The second kappa shape index (κ2) is 9.86. The summed E-state index contributed by atoms with van der Waals surface area (Å²) >= 11 is 0. The van der Waals surface area contributed by atoms with Crippen molar-refractivity contribution in [2.24, 2.45) is 0 Å². The van der Waals surface area contributed by atoms with Gasteiger partial charge in [-0.2, -0.15) is 0 Å². The van der Waals surface area contributed by atoms with E-state index in [1.54, 1.807) is 0 Å². The number of rotatable bonds is 8. The van der Waals surface area contributed by atoms with Crippen LogP contribution in [-0.2, 0) is 4.74 Å². The molecule has 1 rings (SSSR count). The molecule has 3 nitrogen and oxygen atoms in total. The van der Waals surface area contributed by atoms with Gasteiger partial charge in [0.25, 0.3) is 0 Å². The molecule has 0 spiro atoms. The van der Waals surface area contributed by atoms with E-state index in [9.17, 15) is 0 Å². The first-order chi connectivity index (χ1) is 8.36. The first kappa shape index (κ1) is 14.9. The standard InChI is InChI=1S/C14H30N2O/c1-3-10-16-11-5-7-14(8-12-16)15-9-6-13-17-4-2/h14-15H,3-13H2,1-2H3. The number of hydrogen-bond acceptors (Lipinski definition) is 3. The van der Waals surface area contributed by atoms with E-state index in [2.05, 4.69) is 24.1 Å². The predicted octanol–water partition coefficient (Wildman–Crippen LogP) is 2.27. The average molecular weight is 242 g/mol. The van der Waals surface area contributed by atoms with Gasteiger partial charge >= 0.3 is 0 Å². The predicted molar refractivity (Wildman–Crippen MR) is 73.5 cm³/mol. The van der Waals surface area contributed by atoms with Crippen LogP contribution in [0.2, 0.25) is 0 Å². The molecule has 0 saturated carbocycles. The summed E-state index contributed by atoms with van der Waals surface area (Å²) in [6.07, 6.45) is 6.43. The molecule has 0 amide bonds. The second-order valence-corrected chi connectivity index (χ2v) is 4.97.